The molecule has 0 fully saturated rings. The van der Waals surface area contributed by atoms with E-state index < -0.39 is 11.2 Å². The molecule has 0 saturated heterocycles. The Kier molecular flexibility index (Phi) is 24.1. The van der Waals surface area contributed by atoms with Gasteiger partial charge in [0.2, 0.25) is 0 Å². The summed E-state index contributed by atoms with van der Waals surface area (Å²) in [6, 6.07) is 0. The lowest BCUT2D eigenvalue weighted by Gasteiger charge is -2.30. The van der Waals surface area contributed by atoms with Gasteiger partial charge in [-0.05, 0) is 77.7 Å². The van der Waals surface area contributed by atoms with E-state index in [1.54, 1.807) is 0 Å². The molecule has 8 heteroatoms. The second-order valence-corrected chi connectivity index (χ2v) is 13.6. The molecule has 0 aliphatic heterocycles. The molecule has 38 heavy (non-hydrogen) atoms. The van der Waals surface area contributed by atoms with Gasteiger partial charge in [-0.3, -0.25) is 9.59 Å². The second kappa shape index (κ2) is 24.4. The van der Waals surface area contributed by atoms with Gasteiger partial charge in [-0.2, -0.15) is 23.5 Å². The molecule has 6 nitrogen and oxygen atoms in total. The molecule has 0 saturated carbocycles. The van der Waals surface area contributed by atoms with Gasteiger partial charge < -0.3 is 9.47 Å². The molecule has 0 heterocycles. The topological polar surface area (TPSA) is 71.1 Å². The fraction of sp³-hybridized carbons (Fsp3) is 0.933. The largest absolute Gasteiger partial charge is 0.466 e. The van der Waals surface area contributed by atoms with Gasteiger partial charge in [0.05, 0.1) is 37.3 Å². The molecule has 0 aliphatic carbocycles. The van der Waals surface area contributed by atoms with E-state index in [-0.39, 0.29) is 11.9 Å². The van der Waals surface area contributed by atoms with Crippen molar-refractivity contribution in [2.24, 2.45) is 0 Å². The fourth-order valence-electron chi connectivity index (χ4n) is 3.60. The van der Waals surface area contributed by atoms with Gasteiger partial charge in [-0.25, -0.2) is 9.78 Å². The first kappa shape index (κ1) is 37.6. The van der Waals surface area contributed by atoms with Crippen LogP contribution in [0.4, 0.5) is 0 Å². The predicted octanol–water partition coefficient (Wildman–Crippen LogP) is 8.55. The van der Waals surface area contributed by atoms with Crippen molar-refractivity contribution >= 4 is 35.5 Å². The number of esters is 2. The maximum Gasteiger partial charge on any atom is 0.306 e. The van der Waals surface area contributed by atoms with Crippen LogP contribution >= 0.6 is 23.5 Å². The third-order valence-corrected chi connectivity index (χ3v) is 8.19. The lowest BCUT2D eigenvalue weighted by Crippen LogP contribution is -2.33. The highest BCUT2D eigenvalue weighted by atomic mass is 32.2. The zero-order valence-corrected chi connectivity index (χ0v) is 27.0. The van der Waals surface area contributed by atoms with Crippen molar-refractivity contribution < 1.29 is 28.8 Å². The minimum atomic E-state index is -0.487. The summed E-state index contributed by atoms with van der Waals surface area (Å²) in [5.41, 5.74) is -0.975. The Bertz CT molecular complexity index is 533. The lowest BCUT2D eigenvalue weighted by atomic mass is 10.0. The van der Waals surface area contributed by atoms with Crippen LogP contribution in [-0.2, 0) is 28.8 Å². The number of rotatable bonds is 27. The highest BCUT2D eigenvalue weighted by Gasteiger charge is 2.26. The van der Waals surface area contributed by atoms with Crippen molar-refractivity contribution in [2.45, 2.75) is 143 Å². The first-order valence-corrected chi connectivity index (χ1v) is 17.3. The van der Waals surface area contributed by atoms with Gasteiger partial charge in [0, 0.05) is 11.5 Å². The maximum absolute atomic E-state index is 11.9. The van der Waals surface area contributed by atoms with Crippen molar-refractivity contribution in [2.75, 3.05) is 36.2 Å². The number of ether oxygens (including phenoxy) is 2. The van der Waals surface area contributed by atoms with Crippen molar-refractivity contribution in [1.29, 1.82) is 0 Å². The molecular formula is C30H58O6S2. The standard InChI is InChI=1S/C30H58O6S2/c1-7-9-11-13-23-37-25-17-27(31)33-21-15-19-29(3,4)35-36-30(5,6)20-16-22-34-28(32)18-26-38-24-14-12-10-8-2/h7-26H2,1-6H3. The summed E-state index contributed by atoms with van der Waals surface area (Å²) in [6.45, 7) is 13.1. The number of carbonyl (C=O) groups excluding carboxylic acids is 2. The zero-order valence-electron chi connectivity index (χ0n) is 25.4. The zero-order chi connectivity index (χ0) is 28.5. The normalized spacial score (nSPS) is 12.1. The smallest absolute Gasteiger partial charge is 0.306 e. The monoisotopic (exact) mass is 578 g/mol. The summed E-state index contributed by atoms with van der Waals surface area (Å²) in [5.74, 6) is 3.67. The van der Waals surface area contributed by atoms with E-state index in [1.165, 1.54) is 51.4 Å². The van der Waals surface area contributed by atoms with E-state index in [0.29, 0.717) is 26.1 Å². The highest BCUT2D eigenvalue weighted by Crippen LogP contribution is 2.24. The molecule has 0 aromatic carbocycles. The van der Waals surface area contributed by atoms with Crippen molar-refractivity contribution in [1.82, 2.24) is 0 Å². The Hall–Kier alpha value is -0.440. The van der Waals surface area contributed by atoms with E-state index in [2.05, 4.69) is 13.8 Å². The van der Waals surface area contributed by atoms with Gasteiger partial charge in [-0.1, -0.05) is 52.4 Å². The average Bonchev–Trinajstić information content (AvgIpc) is 2.87. The van der Waals surface area contributed by atoms with Crippen LogP contribution in [0.25, 0.3) is 0 Å². The molecule has 0 unspecified atom stereocenters. The van der Waals surface area contributed by atoms with E-state index >= 15 is 0 Å². The van der Waals surface area contributed by atoms with Gasteiger partial charge >= 0.3 is 11.9 Å². The van der Waals surface area contributed by atoms with Crippen LogP contribution < -0.4 is 0 Å². The van der Waals surface area contributed by atoms with Gasteiger partial charge in [0.1, 0.15) is 0 Å². The SMILES string of the molecule is CCCCCCSCCC(=O)OCCCC(C)(C)OOC(C)(C)CCCOC(=O)CCSCCCCCC. The van der Waals surface area contributed by atoms with Crippen molar-refractivity contribution in [3.05, 3.63) is 0 Å². The third-order valence-electron chi connectivity index (χ3n) is 6.05. The Labute approximate surface area is 242 Å². The van der Waals surface area contributed by atoms with E-state index in [0.717, 1.165) is 48.7 Å². The number of thioether (sulfide) groups is 2. The Morgan fingerprint density at radius 2 is 0.947 bits per heavy atom. The Morgan fingerprint density at radius 1 is 0.553 bits per heavy atom. The van der Waals surface area contributed by atoms with Crippen LogP contribution in [0.2, 0.25) is 0 Å². The van der Waals surface area contributed by atoms with Crippen LogP contribution in [0.1, 0.15) is 131 Å². The predicted molar refractivity (Wildman–Crippen MR) is 163 cm³/mol. The molecule has 0 radical (unpaired) electrons. The molecule has 0 rings (SSSR count). The number of hydrogen-bond donors (Lipinski definition) is 0. The number of unbranched alkanes of at least 4 members (excludes halogenated alkanes) is 6. The Morgan fingerprint density at radius 3 is 1.32 bits per heavy atom. The number of carbonyl (C=O) groups is 2. The summed E-state index contributed by atoms with van der Waals surface area (Å²) in [4.78, 5) is 35.3. The van der Waals surface area contributed by atoms with Gasteiger partial charge in [0.25, 0.3) is 0 Å². The molecule has 0 aromatic rings. The van der Waals surface area contributed by atoms with Gasteiger partial charge in [-0.15, -0.1) is 0 Å². The van der Waals surface area contributed by atoms with E-state index in [9.17, 15) is 9.59 Å². The van der Waals surface area contributed by atoms with Crippen LogP contribution in [0, 0.1) is 0 Å². The average molecular weight is 579 g/mol. The molecule has 0 atom stereocenters. The van der Waals surface area contributed by atoms with Crippen LogP contribution in [-0.4, -0.2) is 59.4 Å². The molecule has 0 aromatic heterocycles. The minimum absolute atomic E-state index is 0.121. The van der Waals surface area contributed by atoms with Crippen LogP contribution in [0.5, 0.6) is 0 Å². The van der Waals surface area contributed by atoms with Crippen LogP contribution in [0.3, 0.4) is 0 Å². The molecular weight excluding hydrogens is 520 g/mol. The molecule has 0 N–H and O–H groups in total. The molecule has 0 aliphatic rings. The lowest BCUT2D eigenvalue weighted by molar-refractivity contribution is -0.403. The molecule has 0 spiro atoms. The second-order valence-electron chi connectivity index (χ2n) is 11.2. The quantitative estimate of drug-likeness (QED) is 0.0415. The molecule has 0 amide bonds. The van der Waals surface area contributed by atoms with Gasteiger partial charge in [0.15, 0.2) is 0 Å². The summed E-state index contributed by atoms with van der Waals surface area (Å²) in [5, 5.41) is 0. The van der Waals surface area contributed by atoms with Crippen LogP contribution in [0.15, 0.2) is 0 Å². The summed E-state index contributed by atoms with van der Waals surface area (Å²) in [6.07, 6.45) is 13.9. The summed E-state index contributed by atoms with van der Waals surface area (Å²) < 4.78 is 10.7. The summed E-state index contributed by atoms with van der Waals surface area (Å²) in [7, 11) is 0. The highest BCUT2D eigenvalue weighted by molar-refractivity contribution is 7.99. The Balaban J connectivity index is 3.81. The fourth-order valence-corrected chi connectivity index (χ4v) is 5.44. The third kappa shape index (κ3) is 25.8. The minimum Gasteiger partial charge on any atom is -0.466 e. The number of hydrogen-bond acceptors (Lipinski definition) is 8. The first-order chi connectivity index (χ1) is 18.1. The first-order valence-electron chi connectivity index (χ1n) is 15.0. The molecule has 226 valence electrons. The summed E-state index contributed by atoms with van der Waals surface area (Å²) >= 11 is 3.67. The maximum atomic E-state index is 11.9. The van der Waals surface area contributed by atoms with Crippen molar-refractivity contribution in [3.63, 3.8) is 0 Å². The van der Waals surface area contributed by atoms with E-state index in [4.69, 9.17) is 19.2 Å². The van der Waals surface area contributed by atoms with E-state index in [1.807, 2.05) is 51.2 Å². The van der Waals surface area contributed by atoms with Crippen molar-refractivity contribution in [3.8, 4) is 0 Å². The molecule has 0 bridgehead atoms.